The number of rotatable bonds is 5. The van der Waals surface area contributed by atoms with Gasteiger partial charge in [0.05, 0.1) is 12.5 Å². The molecule has 1 aromatic heterocycles. The first-order valence-electron chi connectivity index (χ1n) is 6.86. The third kappa shape index (κ3) is 3.76. The Hall–Kier alpha value is -1.98. The van der Waals surface area contributed by atoms with Crippen molar-refractivity contribution in [2.24, 2.45) is 11.8 Å². The number of carboxylic acid groups (broad SMARTS) is 1. The first-order valence-corrected chi connectivity index (χ1v) is 6.86. The Balaban J connectivity index is 1.71. The summed E-state index contributed by atoms with van der Waals surface area (Å²) in [5.74, 6) is 0.437. The fourth-order valence-corrected chi connectivity index (χ4v) is 2.64. The van der Waals surface area contributed by atoms with E-state index in [1.807, 2.05) is 19.1 Å². The highest BCUT2D eigenvalue weighted by Crippen LogP contribution is 2.31. The van der Waals surface area contributed by atoms with Gasteiger partial charge in [0.1, 0.15) is 11.5 Å². The zero-order chi connectivity index (χ0) is 14.5. The third-order valence-electron chi connectivity index (χ3n) is 3.72. The molecule has 2 rings (SSSR count). The summed E-state index contributed by atoms with van der Waals surface area (Å²) in [6.45, 7) is 2.57. The second-order valence-corrected chi connectivity index (χ2v) is 5.21. The number of aliphatic carboxylic acids is 1. The van der Waals surface area contributed by atoms with Gasteiger partial charge in [-0.2, -0.15) is 0 Å². The molecule has 2 unspecified atom stereocenters. The summed E-state index contributed by atoms with van der Waals surface area (Å²) < 4.78 is 5.34. The van der Waals surface area contributed by atoms with Crippen molar-refractivity contribution in [1.29, 1.82) is 0 Å². The molecule has 20 heavy (non-hydrogen) atoms. The number of carboxylic acids is 1. The molecule has 6 nitrogen and oxygen atoms in total. The lowest BCUT2D eigenvalue weighted by Gasteiger charge is -2.16. The highest BCUT2D eigenvalue weighted by molar-refractivity contribution is 5.74. The van der Waals surface area contributed by atoms with Gasteiger partial charge in [-0.3, -0.25) is 4.79 Å². The van der Waals surface area contributed by atoms with Gasteiger partial charge >= 0.3 is 12.0 Å². The van der Waals surface area contributed by atoms with Crippen molar-refractivity contribution in [2.45, 2.75) is 32.7 Å². The van der Waals surface area contributed by atoms with Crippen molar-refractivity contribution < 1.29 is 19.1 Å². The molecule has 0 radical (unpaired) electrons. The predicted molar refractivity (Wildman–Crippen MR) is 72.2 cm³/mol. The van der Waals surface area contributed by atoms with E-state index in [0.29, 0.717) is 25.3 Å². The maximum atomic E-state index is 11.6. The van der Waals surface area contributed by atoms with Crippen molar-refractivity contribution in [3.8, 4) is 0 Å². The molecular weight excluding hydrogens is 260 g/mol. The first kappa shape index (κ1) is 14.4. The largest absolute Gasteiger partial charge is 0.481 e. The van der Waals surface area contributed by atoms with Gasteiger partial charge in [-0.15, -0.1) is 0 Å². The number of hydrogen-bond acceptors (Lipinski definition) is 3. The Morgan fingerprint density at radius 2 is 2.15 bits per heavy atom. The summed E-state index contributed by atoms with van der Waals surface area (Å²) in [7, 11) is 0. The maximum absolute atomic E-state index is 11.6. The molecule has 1 heterocycles. The lowest BCUT2D eigenvalue weighted by Crippen LogP contribution is -2.39. The van der Waals surface area contributed by atoms with Gasteiger partial charge in [0.15, 0.2) is 0 Å². The predicted octanol–water partition coefficient (Wildman–Crippen LogP) is 1.89. The average Bonchev–Trinajstić information content (AvgIpc) is 3.02. The molecule has 1 fully saturated rings. The quantitative estimate of drug-likeness (QED) is 0.768. The number of carbonyl (C=O) groups excluding carboxylic acids is 1. The van der Waals surface area contributed by atoms with Crippen molar-refractivity contribution in [2.75, 3.05) is 6.54 Å². The minimum absolute atomic E-state index is 0.0316. The summed E-state index contributed by atoms with van der Waals surface area (Å²) in [6, 6.07) is 3.35. The lowest BCUT2D eigenvalue weighted by atomic mass is 9.96. The fraction of sp³-hybridized carbons (Fsp3) is 0.571. The number of nitrogens with one attached hydrogen (secondary N) is 2. The van der Waals surface area contributed by atoms with Gasteiger partial charge in [-0.25, -0.2) is 4.79 Å². The van der Waals surface area contributed by atoms with Crippen LogP contribution in [0.15, 0.2) is 16.5 Å². The fourth-order valence-electron chi connectivity index (χ4n) is 2.64. The van der Waals surface area contributed by atoms with Crippen LogP contribution in [0.5, 0.6) is 0 Å². The van der Waals surface area contributed by atoms with E-state index >= 15 is 0 Å². The number of amides is 2. The molecule has 2 amide bonds. The minimum atomic E-state index is -0.763. The number of hydrogen-bond donors (Lipinski definition) is 3. The van der Waals surface area contributed by atoms with E-state index in [9.17, 15) is 9.59 Å². The van der Waals surface area contributed by atoms with Crippen molar-refractivity contribution in [3.63, 3.8) is 0 Å². The molecule has 0 saturated heterocycles. The Bertz CT molecular complexity index is 483. The van der Waals surface area contributed by atoms with Crippen molar-refractivity contribution >= 4 is 12.0 Å². The summed E-state index contributed by atoms with van der Waals surface area (Å²) in [6.07, 6.45) is 2.47. The van der Waals surface area contributed by atoms with Crippen LogP contribution >= 0.6 is 0 Å². The molecule has 6 heteroatoms. The molecule has 0 spiro atoms. The molecule has 1 saturated carbocycles. The Morgan fingerprint density at radius 3 is 2.80 bits per heavy atom. The van der Waals surface area contributed by atoms with Crippen molar-refractivity contribution in [3.05, 3.63) is 23.7 Å². The summed E-state index contributed by atoms with van der Waals surface area (Å²) in [5, 5.41) is 14.5. The second-order valence-electron chi connectivity index (χ2n) is 5.21. The van der Waals surface area contributed by atoms with E-state index in [2.05, 4.69) is 10.6 Å². The maximum Gasteiger partial charge on any atom is 0.315 e. The zero-order valence-electron chi connectivity index (χ0n) is 11.5. The van der Waals surface area contributed by atoms with Crippen LogP contribution in [-0.4, -0.2) is 23.7 Å². The van der Waals surface area contributed by atoms with E-state index in [-0.39, 0.29) is 17.9 Å². The van der Waals surface area contributed by atoms with Crippen LogP contribution in [0.2, 0.25) is 0 Å². The minimum Gasteiger partial charge on any atom is -0.481 e. The van der Waals surface area contributed by atoms with Crippen LogP contribution in [0.25, 0.3) is 0 Å². The number of furan rings is 1. The zero-order valence-corrected chi connectivity index (χ0v) is 11.5. The topological polar surface area (TPSA) is 91.6 Å². The third-order valence-corrected chi connectivity index (χ3v) is 3.72. The Labute approximate surface area is 117 Å². The standard InChI is InChI=1S/C14H20N2O4/c1-9-5-6-11(20-9)8-16-14(19)15-7-10-3-2-4-12(10)13(17)18/h5-6,10,12H,2-4,7-8H2,1H3,(H,17,18)(H2,15,16,19). The Kier molecular flexibility index (Phi) is 4.65. The summed E-state index contributed by atoms with van der Waals surface area (Å²) in [4.78, 5) is 22.7. The molecule has 0 aromatic carbocycles. The van der Waals surface area contributed by atoms with Gasteiger partial charge in [-0.05, 0) is 37.8 Å². The number of aryl methyl sites for hydroxylation is 1. The van der Waals surface area contributed by atoms with Crippen LogP contribution in [0.1, 0.15) is 30.8 Å². The van der Waals surface area contributed by atoms with Crippen LogP contribution in [0.3, 0.4) is 0 Å². The average molecular weight is 280 g/mol. The molecule has 2 atom stereocenters. The SMILES string of the molecule is Cc1ccc(CNC(=O)NCC2CCCC2C(=O)O)o1. The van der Waals surface area contributed by atoms with Crippen LogP contribution in [0.4, 0.5) is 4.79 Å². The monoisotopic (exact) mass is 280 g/mol. The molecule has 110 valence electrons. The smallest absolute Gasteiger partial charge is 0.315 e. The van der Waals surface area contributed by atoms with E-state index in [4.69, 9.17) is 9.52 Å². The van der Waals surface area contributed by atoms with Crippen molar-refractivity contribution in [1.82, 2.24) is 10.6 Å². The highest BCUT2D eigenvalue weighted by Gasteiger charge is 2.32. The lowest BCUT2D eigenvalue weighted by molar-refractivity contribution is -0.142. The highest BCUT2D eigenvalue weighted by atomic mass is 16.4. The van der Waals surface area contributed by atoms with Gasteiger partial charge in [-0.1, -0.05) is 6.42 Å². The number of carbonyl (C=O) groups is 2. The van der Waals surface area contributed by atoms with E-state index in [1.54, 1.807) is 0 Å². The van der Waals surface area contributed by atoms with E-state index in [1.165, 1.54) is 0 Å². The van der Waals surface area contributed by atoms with E-state index < -0.39 is 5.97 Å². The van der Waals surface area contributed by atoms with Gasteiger partial charge in [0.25, 0.3) is 0 Å². The molecule has 3 N–H and O–H groups in total. The molecule has 1 aromatic rings. The van der Waals surface area contributed by atoms with E-state index in [0.717, 1.165) is 18.6 Å². The molecule has 1 aliphatic rings. The second kappa shape index (κ2) is 6.45. The molecule has 0 aliphatic heterocycles. The molecule has 1 aliphatic carbocycles. The Morgan fingerprint density at radius 1 is 1.35 bits per heavy atom. The van der Waals surface area contributed by atoms with Gasteiger partial charge < -0.3 is 20.2 Å². The normalized spacial score (nSPS) is 21.6. The van der Waals surface area contributed by atoms with Gasteiger partial charge in [0, 0.05) is 6.54 Å². The molecular formula is C14H20N2O4. The molecule has 0 bridgehead atoms. The van der Waals surface area contributed by atoms with Crippen LogP contribution in [-0.2, 0) is 11.3 Å². The summed E-state index contributed by atoms with van der Waals surface area (Å²) in [5.41, 5.74) is 0. The first-order chi connectivity index (χ1) is 9.56. The van der Waals surface area contributed by atoms with Crippen LogP contribution in [0, 0.1) is 18.8 Å². The van der Waals surface area contributed by atoms with Gasteiger partial charge in [0.2, 0.25) is 0 Å². The summed E-state index contributed by atoms with van der Waals surface area (Å²) >= 11 is 0. The van der Waals surface area contributed by atoms with Crippen LogP contribution < -0.4 is 10.6 Å². The number of urea groups is 1.